The molecule has 4 heteroatoms. The lowest BCUT2D eigenvalue weighted by Crippen LogP contribution is -2.34. The minimum atomic E-state index is -0.657. The first-order chi connectivity index (χ1) is 9.19. The summed E-state index contributed by atoms with van der Waals surface area (Å²) in [5.74, 6) is 0. The van der Waals surface area contributed by atoms with Crippen molar-refractivity contribution in [2.24, 2.45) is 0 Å². The number of nitrogens with one attached hydrogen (secondary N) is 1. The van der Waals surface area contributed by atoms with E-state index in [1.165, 1.54) is 0 Å². The second-order valence-corrected chi connectivity index (χ2v) is 5.88. The predicted octanol–water partition coefficient (Wildman–Crippen LogP) is 4.05. The van der Waals surface area contributed by atoms with E-state index in [1.54, 1.807) is 6.08 Å². The molecule has 1 unspecified atom stereocenters. The standard InChI is InChI=1S/C16H25NO3/c1-8-12-10(3)17-11(4)13(9-2)14(12)19-15(18)20-16(5,6)7/h8,14,17H,1,9H2,2-7H3. The Labute approximate surface area is 121 Å². The van der Waals surface area contributed by atoms with Crippen LogP contribution in [0.4, 0.5) is 4.79 Å². The largest absolute Gasteiger partial charge is 0.509 e. The highest BCUT2D eigenvalue weighted by molar-refractivity contribution is 5.62. The van der Waals surface area contributed by atoms with Gasteiger partial charge in [0.2, 0.25) is 0 Å². The van der Waals surface area contributed by atoms with Gasteiger partial charge in [-0.25, -0.2) is 4.79 Å². The minimum absolute atomic E-state index is 0.423. The lowest BCUT2D eigenvalue weighted by Gasteiger charge is -2.31. The van der Waals surface area contributed by atoms with Crippen LogP contribution in [0.1, 0.15) is 48.0 Å². The maximum Gasteiger partial charge on any atom is 0.509 e. The summed E-state index contributed by atoms with van der Waals surface area (Å²) in [5, 5.41) is 3.29. The number of dihydropyridines is 1. The van der Waals surface area contributed by atoms with Gasteiger partial charge in [-0.1, -0.05) is 19.6 Å². The van der Waals surface area contributed by atoms with Crippen molar-refractivity contribution < 1.29 is 14.3 Å². The summed E-state index contributed by atoms with van der Waals surface area (Å²) in [4.78, 5) is 11.9. The fourth-order valence-corrected chi connectivity index (χ4v) is 2.23. The van der Waals surface area contributed by atoms with Gasteiger partial charge in [0, 0.05) is 17.0 Å². The van der Waals surface area contributed by atoms with Crippen LogP contribution in [0.3, 0.4) is 0 Å². The Kier molecular flexibility index (Phi) is 5.03. The zero-order valence-corrected chi connectivity index (χ0v) is 13.3. The fraction of sp³-hybridized carbons (Fsp3) is 0.562. The van der Waals surface area contributed by atoms with Gasteiger partial charge in [0.15, 0.2) is 6.10 Å². The number of ether oxygens (including phenoxy) is 2. The fourth-order valence-electron chi connectivity index (χ4n) is 2.23. The molecule has 112 valence electrons. The third-order valence-electron chi connectivity index (χ3n) is 3.09. The number of carbonyl (C=O) groups is 1. The van der Waals surface area contributed by atoms with E-state index in [1.807, 2.05) is 41.5 Å². The van der Waals surface area contributed by atoms with Crippen LogP contribution >= 0.6 is 0 Å². The van der Waals surface area contributed by atoms with Gasteiger partial charge >= 0.3 is 6.16 Å². The Bertz CT molecular complexity index is 467. The quantitative estimate of drug-likeness (QED) is 0.792. The lowest BCUT2D eigenvalue weighted by atomic mass is 9.93. The van der Waals surface area contributed by atoms with Crippen LogP contribution in [-0.4, -0.2) is 17.9 Å². The number of allylic oxidation sites excluding steroid dienone is 2. The molecular weight excluding hydrogens is 254 g/mol. The number of hydrogen-bond acceptors (Lipinski definition) is 4. The predicted molar refractivity (Wildman–Crippen MR) is 80.1 cm³/mol. The number of carbonyl (C=O) groups excluding carboxylic acids is 1. The average Bonchev–Trinajstić information content (AvgIpc) is 2.26. The first-order valence-electron chi connectivity index (χ1n) is 6.89. The van der Waals surface area contributed by atoms with Gasteiger partial charge in [-0.3, -0.25) is 0 Å². The van der Waals surface area contributed by atoms with Gasteiger partial charge in [-0.15, -0.1) is 0 Å². The van der Waals surface area contributed by atoms with E-state index in [0.29, 0.717) is 0 Å². The summed E-state index contributed by atoms with van der Waals surface area (Å²) < 4.78 is 10.8. The first-order valence-corrected chi connectivity index (χ1v) is 6.89. The van der Waals surface area contributed by atoms with Crippen LogP contribution in [0.25, 0.3) is 0 Å². The molecule has 0 fully saturated rings. The third-order valence-corrected chi connectivity index (χ3v) is 3.09. The highest BCUT2D eigenvalue weighted by Gasteiger charge is 2.30. The lowest BCUT2D eigenvalue weighted by molar-refractivity contribution is -0.0152. The summed E-state index contributed by atoms with van der Waals surface area (Å²) >= 11 is 0. The summed E-state index contributed by atoms with van der Waals surface area (Å²) in [6.07, 6.45) is 1.43. The molecule has 0 aromatic heterocycles. The molecule has 4 nitrogen and oxygen atoms in total. The Balaban J connectivity index is 3.00. The molecule has 0 aromatic carbocycles. The second-order valence-electron chi connectivity index (χ2n) is 5.88. The SMILES string of the molecule is C=CC1=C(C)NC(C)=C(CC)C1OC(=O)OC(C)(C)C. The molecule has 0 aliphatic carbocycles. The molecule has 1 rings (SSSR count). The molecule has 0 bridgehead atoms. The molecule has 0 radical (unpaired) electrons. The molecule has 1 heterocycles. The Morgan fingerprint density at radius 2 is 1.95 bits per heavy atom. The van der Waals surface area contributed by atoms with Crippen LogP contribution in [0.5, 0.6) is 0 Å². The molecule has 0 spiro atoms. The zero-order chi connectivity index (χ0) is 15.5. The van der Waals surface area contributed by atoms with Crippen molar-refractivity contribution in [3.63, 3.8) is 0 Å². The highest BCUT2D eigenvalue weighted by Crippen LogP contribution is 2.29. The molecule has 1 N–H and O–H groups in total. The summed E-state index contributed by atoms with van der Waals surface area (Å²) in [7, 11) is 0. The van der Waals surface area contributed by atoms with Crippen molar-refractivity contribution in [2.45, 2.75) is 59.7 Å². The average molecular weight is 279 g/mol. The normalized spacial score (nSPS) is 19.6. The molecule has 0 aromatic rings. The Morgan fingerprint density at radius 3 is 2.40 bits per heavy atom. The van der Waals surface area contributed by atoms with Crippen molar-refractivity contribution in [1.29, 1.82) is 0 Å². The maximum absolute atomic E-state index is 11.9. The van der Waals surface area contributed by atoms with Crippen molar-refractivity contribution in [3.05, 3.63) is 35.2 Å². The van der Waals surface area contributed by atoms with Crippen LogP contribution in [0, 0.1) is 0 Å². The monoisotopic (exact) mass is 279 g/mol. The molecule has 1 atom stereocenters. The number of hydrogen-bond donors (Lipinski definition) is 1. The van der Waals surface area contributed by atoms with Gasteiger partial charge in [0.05, 0.1) is 0 Å². The molecule has 0 saturated heterocycles. The molecule has 0 amide bonds. The van der Waals surface area contributed by atoms with Crippen LogP contribution in [0.15, 0.2) is 35.2 Å². The van der Waals surface area contributed by atoms with Crippen molar-refractivity contribution in [1.82, 2.24) is 5.32 Å². The van der Waals surface area contributed by atoms with E-state index >= 15 is 0 Å². The third kappa shape index (κ3) is 3.89. The van der Waals surface area contributed by atoms with E-state index in [4.69, 9.17) is 9.47 Å². The highest BCUT2D eigenvalue weighted by atomic mass is 16.7. The summed E-state index contributed by atoms with van der Waals surface area (Å²) in [5.41, 5.74) is 3.31. The summed E-state index contributed by atoms with van der Waals surface area (Å²) in [6.45, 7) is 15.2. The van der Waals surface area contributed by atoms with Gasteiger partial charge in [-0.2, -0.15) is 0 Å². The van der Waals surface area contributed by atoms with Crippen molar-refractivity contribution in [2.75, 3.05) is 0 Å². The Morgan fingerprint density at radius 1 is 1.35 bits per heavy atom. The van der Waals surface area contributed by atoms with E-state index in [-0.39, 0.29) is 0 Å². The van der Waals surface area contributed by atoms with Gasteiger partial charge < -0.3 is 14.8 Å². The van der Waals surface area contributed by atoms with Crippen molar-refractivity contribution >= 4 is 6.16 Å². The van der Waals surface area contributed by atoms with E-state index in [2.05, 4.69) is 11.9 Å². The van der Waals surface area contributed by atoms with E-state index in [0.717, 1.165) is 29.0 Å². The second kappa shape index (κ2) is 6.16. The molecule has 1 aliphatic heterocycles. The van der Waals surface area contributed by atoms with E-state index < -0.39 is 17.9 Å². The molecule has 1 aliphatic rings. The van der Waals surface area contributed by atoms with Gasteiger partial charge in [0.1, 0.15) is 5.60 Å². The molecule has 0 saturated carbocycles. The van der Waals surface area contributed by atoms with Gasteiger partial charge in [-0.05, 0) is 46.6 Å². The molecular formula is C16H25NO3. The van der Waals surface area contributed by atoms with Gasteiger partial charge in [0.25, 0.3) is 0 Å². The summed E-state index contributed by atoms with van der Waals surface area (Å²) in [6, 6.07) is 0. The van der Waals surface area contributed by atoms with Crippen LogP contribution in [-0.2, 0) is 9.47 Å². The number of rotatable bonds is 3. The molecule has 20 heavy (non-hydrogen) atoms. The van der Waals surface area contributed by atoms with Crippen LogP contribution < -0.4 is 5.32 Å². The first kappa shape index (κ1) is 16.3. The Hall–Kier alpha value is -1.71. The van der Waals surface area contributed by atoms with Crippen molar-refractivity contribution in [3.8, 4) is 0 Å². The van der Waals surface area contributed by atoms with E-state index in [9.17, 15) is 4.79 Å². The van der Waals surface area contributed by atoms with Crippen LogP contribution in [0.2, 0.25) is 0 Å². The topological polar surface area (TPSA) is 47.6 Å². The maximum atomic E-state index is 11.9. The minimum Gasteiger partial charge on any atom is -0.429 e. The smallest absolute Gasteiger partial charge is 0.429 e. The zero-order valence-electron chi connectivity index (χ0n) is 13.3.